The van der Waals surface area contributed by atoms with E-state index in [2.05, 4.69) is 14.7 Å². The summed E-state index contributed by atoms with van der Waals surface area (Å²) in [6.07, 6.45) is 0.619. The lowest BCUT2D eigenvalue weighted by Crippen LogP contribution is -2.34. The van der Waals surface area contributed by atoms with Crippen molar-refractivity contribution in [2.75, 3.05) is 0 Å². The second-order valence-electron chi connectivity index (χ2n) is 4.28. The Bertz CT molecular complexity index is 213. The number of hydrogen-bond acceptors (Lipinski definition) is 5. The van der Waals surface area contributed by atoms with Crippen LogP contribution in [-0.2, 0) is 19.5 Å². The molecule has 1 fully saturated rings. The summed E-state index contributed by atoms with van der Waals surface area (Å²) < 4.78 is 0. The maximum Gasteiger partial charge on any atom is 0.343 e. The van der Waals surface area contributed by atoms with E-state index in [0.717, 1.165) is 0 Å². The molecule has 1 rings (SSSR count). The zero-order chi connectivity index (χ0) is 10.1. The van der Waals surface area contributed by atoms with Gasteiger partial charge in [-0.15, -0.1) is 4.89 Å². The Labute approximate surface area is 76.4 Å². The first-order valence-electron chi connectivity index (χ1n) is 4.08. The van der Waals surface area contributed by atoms with Gasteiger partial charge in [0, 0.05) is 6.42 Å². The van der Waals surface area contributed by atoms with Crippen molar-refractivity contribution in [2.24, 2.45) is 5.41 Å². The number of rotatable bonds is 1. The maximum atomic E-state index is 11.0. The third-order valence-corrected chi connectivity index (χ3v) is 1.93. The highest BCUT2D eigenvalue weighted by Crippen LogP contribution is 2.36. The zero-order valence-electron chi connectivity index (χ0n) is 7.99. The average molecular weight is 190 g/mol. The molecule has 0 spiro atoms. The zero-order valence-corrected chi connectivity index (χ0v) is 7.99. The molecule has 13 heavy (non-hydrogen) atoms. The molecule has 1 aliphatic heterocycles. The van der Waals surface area contributed by atoms with Crippen molar-refractivity contribution in [3.63, 3.8) is 0 Å². The lowest BCUT2D eigenvalue weighted by Gasteiger charge is -2.27. The van der Waals surface area contributed by atoms with Gasteiger partial charge in [-0.25, -0.2) is 10.1 Å². The van der Waals surface area contributed by atoms with E-state index >= 15 is 0 Å². The molecule has 1 atom stereocenters. The maximum absolute atomic E-state index is 11.0. The minimum atomic E-state index is -1.27. The van der Waals surface area contributed by atoms with Crippen LogP contribution in [0.4, 0.5) is 0 Å². The number of carbonyl (C=O) groups excluding carboxylic acids is 1. The molecular weight excluding hydrogens is 176 g/mol. The van der Waals surface area contributed by atoms with Gasteiger partial charge in [0.1, 0.15) is 0 Å². The van der Waals surface area contributed by atoms with Crippen molar-refractivity contribution in [1.82, 2.24) is 0 Å². The van der Waals surface area contributed by atoms with Crippen molar-refractivity contribution in [3.8, 4) is 0 Å². The van der Waals surface area contributed by atoms with E-state index in [9.17, 15) is 4.79 Å². The molecule has 5 heteroatoms. The van der Waals surface area contributed by atoms with Crippen LogP contribution in [0.15, 0.2) is 0 Å². The van der Waals surface area contributed by atoms with Crippen LogP contribution in [-0.4, -0.2) is 17.0 Å². The van der Waals surface area contributed by atoms with Crippen molar-refractivity contribution >= 4 is 5.97 Å². The summed E-state index contributed by atoms with van der Waals surface area (Å²) in [5.41, 5.74) is -0.314. The van der Waals surface area contributed by atoms with Crippen LogP contribution in [0.2, 0.25) is 0 Å². The van der Waals surface area contributed by atoms with E-state index in [1.165, 1.54) is 6.92 Å². The molecule has 1 saturated heterocycles. The normalized spacial score (nSPS) is 33.7. The predicted octanol–water partition coefficient (Wildman–Crippen LogP) is 1.49. The highest BCUT2D eigenvalue weighted by Gasteiger charge is 2.42. The van der Waals surface area contributed by atoms with Crippen LogP contribution in [0, 0.1) is 5.41 Å². The Kier molecular flexibility index (Phi) is 2.61. The Morgan fingerprint density at radius 3 is 2.62 bits per heavy atom. The van der Waals surface area contributed by atoms with E-state index in [0.29, 0.717) is 6.42 Å². The summed E-state index contributed by atoms with van der Waals surface area (Å²) in [4.78, 5) is 24.2. The molecule has 1 N–H and O–H groups in total. The van der Waals surface area contributed by atoms with E-state index in [1.807, 2.05) is 13.8 Å². The van der Waals surface area contributed by atoms with Crippen LogP contribution in [0.25, 0.3) is 0 Å². The van der Waals surface area contributed by atoms with Gasteiger partial charge in [-0.05, 0) is 12.3 Å². The smallest absolute Gasteiger partial charge is 0.295 e. The molecule has 0 bridgehead atoms. The first-order chi connectivity index (χ1) is 5.87. The van der Waals surface area contributed by atoms with Crippen molar-refractivity contribution in [2.45, 2.75) is 39.4 Å². The van der Waals surface area contributed by atoms with Gasteiger partial charge in [0.05, 0.1) is 6.42 Å². The van der Waals surface area contributed by atoms with Gasteiger partial charge < -0.3 is 0 Å². The van der Waals surface area contributed by atoms with Crippen molar-refractivity contribution in [3.05, 3.63) is 0 Å². The van der Waals surface area contributed by atoms with Gasteiger partial charge in [-0.1, -0.05) is 13.8 Å². The third-order valence-electron chi connectivity index (χ3n) is 1.93. The van der Waals surface area contributed by atoms with Crippen LogP contribution in [0.1, 0.15) is 33.6 Å². The molecule has 0 aliphatic carbocycles. The standard InChI is InChI=1S/C8H14O5/c1-7(2)4-6(9)11-13-8(3,5-7)12-10/h10H,4-5H2,1-3H3. The second kappa shape index (κ2) is 3.25. The van der Waals surface area contributed by atoms with E-state index in [-0.39, 0.29) is 11.8 Å². The minimum absolute atomic E-state index is 0.242. The van der Waals surface area contributed by atoms with Gasteiger partial charge >= 0.3 is 5.97 Å². The summed E-state index contributed by atoms with van der Waals surface area (Å²) in [5, 5.41) is 8.58. The number of hydrogen-bond donors (Lipinski definition) is 1. The lowest BCUT2D eigenvalue weighted by atomic mass is 9.83. The Morgan fingerprint density at radius 2 is 2.08 bits per heavy atom. The van der Waals surface area contributed by atoms with Crippen LogP contribution >= 0.6 is 0 Å². The van der Waals surface area contributed by atoms with Gasteiger partial charge in [0.15, 0.2) is 0 Å². The molecule has 0 amide bonds. The highest BCUT2D eigenvalue weighted by molar-refractivity contribution is 5.69. The molecule has 1 unspecified atom stereocenters. The average Bonchev–Trinajstić information content (AvgIpc) is 2.08. The SMILES string of the molecule is CC1(C)CC(=O)OOC(C)(OO)C1. The molecule has 0 radical (unpaired) electrons. The third kappa shape index (κ3) is 2.65. The summed E-state index contributed by atoms with van der Waals surface area (Å²) in [7, 11) is 0. The van der Waals surface area contributed by atoms with Crippen LogP contribution in [0.5, 0.6) is 0 Å². The molecule has 0 aromatic carbocycles. The lowest BCUT2D eigenvalue weighted by molar-refractivity contribution is -0.478. The topological polar surface area (TPSA) is 65.0 Å². The summed E-state index contributed by atoms with van der Waals surface area (Å²) in [5.74, 6) is -1.72. The van der Waals surface area contributed by atoms with E-state index in [1.54, 1.807) is 0 Å². The molecule has 0 aromatic heterocycles. The summed E-state index contributed by atoms with van der Waals surface area (Å²) >= 11 is 0. The molecule has 0 aromatic rings. The van der Waals surface area contributed by atoms with E-state index < -0.39 is 11.8 Å². The van der Waals surface area contributed by atoms with Crippen LogP contribution in [0.3, 0.4) is 0 Å². The molecule has 0 saturated carbocycles. The van der Waals surface area contributed by atoms with Crippen molar-refractivity contribution in [1.29, 1.82) is 0 Å². The highest BCUT2D eigenvalue weighted by atomic mass is 17.3. The van der Waals surface area contributed by atoms with Gasteiger partial charge in [0.2, 0.25) is 5.79 Å². The Morgan fingerprint density at radius 1 is 1.46 bits per heavy atom. The monoisotopic (exact) mass is 190 g/mol. The van der Waals surface area contributed by atoms with Gasteiger partial charge in [0.25, 0.3) is 0 Å². The molecule has 5 nitrogen and oxygen atoms in total. The Hall–Kier alpha value is -0.650. The summed E-state index contributed by atoms with van der Waals surface area (Å²) in [6, 6.07) is 0. The van der Waals surface area contributed by atoms with E-state index in [4.69, 9.17) is 5.26 Å². The summed E-state index contributed by atoms with van der Waals surface area (Å²) in [6.45, 7) is 5.26. The Balaban J connectivity index is 2.79. The molecule has 1 heterocycles. The first kappa shape index (κ1) is 10.4. The fourth-order valence-electron chi connectivity index (χ4n) is 1.56. The molecular formula is C8H14O5. The van der Waals surface area contributed by atoms with Gasteiger partial charge in [-0.3, -0.25) is 4.89 Å². The fraction of sp³-hybridized carbons (Fsp3) is 0.875. The van der Waals surface area contributed by atoms with Crippen molar-refractivity contribution < 1.29 is 24.7 Å². The largest absolute Gasteiger partial charge is 0.343 e. The fourth-order valence-corrected chi connectivity index (χ4v) is 1.56. The van der Waals surface area contributed by atoms with Gasteiger partial charge in [-0.2, -0.15) is 4.89 Å². The quantitative estimate of drug-likeness (QED) is 0.501. The first-order valence-corrected chi connectivity index (χ1v) is 4.08. The molecule has 1 aliphatic rings. The number of carbonyl (C=O) groups is 1. The predicted molar refractivity (Wildman–Crippen MR) is 42.3 cm³/mol. The van der Waals surface area contributed by atoms with Crippen LogP contribution < -0.4 is 0 Å². The minimum Gasteiger partial charge on any atom is -0.295 e. The molecule has 76 valence electrons. The second-order valence-corrected chi connectivity index (χ2v) is 4.28.